The van der Waals surface area contributed by atoms with Crippen molar-refractivity contribution in [2.24, 2.45) is 0 Å². The van der Waals surface area contributed by atoms with E-state index in [4.69, 9.17) is 9.47 Å². The summed E-state index contributed by atoms with van der Waals surface area (Å²) in [4.78, 5) is 0. The number of rotatable bonds is 0. The Morgan fingerprint density at radius 3 is 2.80 bits per heavy atom. The first-order chi connectivity index (χ1) is 4.64. The molecule has 1 unspecified atom stereocenters. The number of nitrogens with zero attached hydrogens (tertiary/aromatic N) is 1. The van der Waals surface area contributed by atoms with Crippen LogP contribution in [0.3, 0.4) is 0 Å². The minimum atomic E-state index is -0.595. The van der Waals surface area contributed by atoms with Crippen LogP contribution in [0, 0.1) is 11.3 Å². The lowest BCUT2D eigenvalue weighted by Crippen LogP contribution is -2.20. The highest BCUT2D eigenvalue weighted by molar-refractivity contribution is 4.98. The Labute approximate surface area is 59.1 Å². The smallest absolute Gasteiger partial charge is 0.333 e. The molecule has 1 saturated heterocycles. The van der Waals surface area contributed by atoms with Crippen molar-refractivity contribution in [1.82, 2.24) is 0 Å². The van der Waals surface area contributed by atoms with E-state index in [1.807, 2.05) is 0 Å². The van der Waals surface area contributed by atoms with Gasteiger partial charge >= 0.3 is 6.07 Å². The largest absolute Gasteiger partial charge is 0.498 e. The van der Waals surface area contributed by atoms with E-state index in [9.17, 15) is 5.21 Å². The van der Waals surface area contributed by atoms with E-state index in [1.54, 1.807) is 13.8 Å². The van der Waals surface area contributed by atoms with Crippen molar-refractivity contribution in [2.45, 2.75) is 25.7 Å². The van der Waals surface area contributed by atoms with Gasteiger partial charge < -0.3 is 14.7 Å². The Balaban J connectivity index is 2.48. The van der Waals surface area contributed by atoms with Crippen LogP contribution in [0.1, 0.15) is 13.8 Å². The first kappa shape index (κ1) is 7.32. The number of hydrogen-bond acceptors (Lipinski definition) is 3. The van der Waals surface area contributed by atoms with Gasteiger partial charge in [0, 0.05) is 5.01 Å². The van der Waals surface area contributed by atoms with Crippen molar-refractivity contribution in [3.8, 4) is 6.07 Å². The molecular weight excluding hydrogens is 134 g/mol. The summed E-state index contributed by atoms with van der Waals surface area (Å²) < 4.78 is 10.3. The second kappa shape index (κ2) is 2.45. The van der Waals surface area contributed by atoms with Crippen LogP contribution in [0.2, 0.25) is 0 Å². The lowest BCUT2D eigenvalue weighted by Gasteiger charge is -2.13. The maximum atomic E-state index is 9.68. The predicted octanol–water partition coefficient (Wildman–Crippen LogP) is 0.969. The third-order valence-electron chi connectivity index (χ3n) is 1.21. The van der Waals surface area contributed by atoms with Crippen LogP contribution in [0.4, 0.5) is 0 Å². The molecule has 1 aliphatic heterocycles. The van der Waals surface area contributed by atoms with Gasteiger partial charge in [-0.3, -0.25) is 0 Å². The molecule has 0 saturated carbocycles. The molecule has 1 heterocycles. The lowest BCUT2D eigenvalue weighted by molar-refractivity contribution is -0.132. The highest BCUT2D eigenvalue weighted by Gasteiger charge is 2.34. The van der Waals surface area contributed by atoms with E-state index in [0.717, 1.165) is 0 Å². The molecule has 0 aromatic heterocycles. The molecule has 0 aliphatic carbocycles. The monoisotopic (exact) mass is 143 g/mol. The predicted molar refractivity (Wildman–Crippen MR) is 35.5 cm³/mol. The molecule has 0 radical (unpaired) electrons. The van der Waals surface area contributed by atoms with Gasteiger partial charge in [-0.25, -0.2) is 0 Å². The Morgan fingerprint density at radius 2 is 2.40 bits per heavy atom. The zero-order chi connectivity index (χ0) is 7.61. The highest BCUT2D eigenvalue weighted by Crippen LogP contribution is 2.21. The van der Waals surface area contributed by atoms with Crippen LogP contribution < -0.4 is 0 Å². The lowest BCUT2D eigenvalue weighted by atomic mass is 10.4. The van der Waals surface area contributed by atoms with Crippen LogP contribution in [0.15, 0.2) is 0 Å². The standard InChI is InChI=1S/C6H9NO3/c1-6(2)9-4-5(10-6)3-7-8/h5H,4H2,1-2H3. The first-order valence-corrected chi connectivity index (χ1v) is 3.04. The van der Waals surface area contributed by atoms with Gasteiger partial charge in [-0.2, -0.15) is 0 Å². The molecule has 4 nitrogen and oxygen atoms in total. The third kappa shape index (κ3) is 1.59. The van der Waals surface area contributed by atoms with Gasteiger partial charge in [0.25, 0.3) is 0 Å². The van der Waals surface area contributed by atoms with Crippen molar-refractivity contribution in [3.05, 3.63) is 10.2 Å². The molecule has 0 bridgehead atoms. The van der Waals surface area contributed by atoms with E-state index in [2.05, 4.69) is 11.1 Å². The SMILES string of the molecule is CC1(C)OCC(C#[N+][O-])O1. The Kier molecular flexibility index (Phi) is 1.79. The van der Waals surface area contributed by atoms with Gasteiger partial charge in [-0.05, 0) is 13.8 Å². The van der Waals surface area contributed by atoms with Crippen LogP contribution in [0.5, 0.6) is 0 Å². The fraction of sp³-hybridized carbons (Fsp3) is 0.833. The summed E-state index contributed by atoms with van der Waals surface area (Å²) in [6.45, 7) is 3.91. The molecule has 0 amide bonds. The second-order valence-corrected chi connectivity index (χ2v) is 2.54. The summed E-state index contributed by atoms with van der Waals surface area (Å²) >= 11 is 0. The first-order valence-electron chi connectivity index (χ1n) is 3.04. The number of hydrogen-bond donors (Lipinski definition) is 0. The molecule has 0 N–H and O–H groups in total. The number of ether oxygens (including phenoxy) is 2. The van der Waals surface area contributed by atoms with Crippen molar-refractivity contribution >= 4 is 0 Å². The van der Waals surface area contributed by atoms with Crippen molar-refractivity contribution < 1.29 is 9.47 Å². The summed E-state index contributed by atoms with van der Waals surface area (Å²) in [6, 6.07) is 2.22. The zero-order valence-corrected chi connectivity index (χ0v) is 5.96. The zero-order valence-electron chi connectivity index (χ0n) is 5.96. The Bertz CT molecular complexity index is 179. The highest BCUT2D eigenvalue weighted by atomic mass is 16.7. The summed E-state index contributed by atoms with van der Waals surface area (Å²) in [7, 11) is 0. The van der Waals surface area contributed by atoms with E-state index < -0.39 is 11.9 Å². The Hall–Kier alpha value is -0.790. The molecule has 56 valence electrons. The summed E-state index contributed by atoms with van der Waals surface area (Å²) in [6.07, 6.45) is -0.396. The molecule has 0 spiro atoms. The maximum Gasteiger partial charge on any atom is 0.333 e. The van der Waals surface area contributed by atoms with Crippen LogP contribution in [0.25, 0.3) is 5.01 Å². The van der Waals surface area contributed by atoms with Gasteiger partial charge in [0.1, 0.15) is 0 Å². The summed E-state index contributed by atoms with van der Waals surface area (Å²) in [5, 5.41) is 12.2. The van der Waals surface area contributed by atoms with Gasteiger partial charge in [-0.15, -0.1) is 0 Å². The maximum absolute atomic E-state index is 9.68. The van der Waals surface area contributed by atoms with Gasteiger partial charge in [0.05, 0.1) is 6.61 Å². The average molecular weight is 143 g/mol. The molecule has 10 heavy (non-hydrogen) atoms. The van der Waals surface area contributed by atoms with Gasteiger partial charge in [0.15, 0.2) is 5.79 Å². The second-order valence-electron chi connectivity index (χ2n) is 2.54. The Morgan fingerprint density at radius 1 is 1.70 bits per heavy atom. The minimum Gasteiger partial charge on any atom is -0.498 e. The van der Waals surface area contributed by atoms with Crippen molar-refractivity contribution in [3.63, 3.8) is 0 Å². The van der Waals surface area contributed by atoms with E-state index in [-0.39, 0.29) is 0 Å². The van der Waals surface area contributed by atoms with Crippen LogP contribution >= 0.6 is 0 Å². The van der Waals surface area contributed by atoms with Gasteiger partial charge in [-0.1, -0.05) is 0 Å². The van der Waals surface area contributed by atoms with Crippen LogP contribution in [-0.4, -0.2) is 18.5 Å². The van der Waals surface area contributed by atoms with Crippen LogP contribution in [-0.2, 0) is 9.47 Å². The molecular formula is C6H9NO3. The van der Waals surface area contributed by atoms with E-state index in [0.29, 0.717) is 6.61 Å². The molecule has 1 rings (SSSR count). The third-order valence-corrected chi connectivity index (χ3v) is 1.21. The van der Waals surface area contributed by atoms with E-state index in [1.165, 1.54) is 0 Å². The summed E-state index contributed by atoms with van der Waals surface area (Å²) in [5.41, 5.74) is 0. The minimum absolute atomic E-state index is 0.360. The molecule has 0 aromatic rings. The molecule has 1 atom stereocenters. The topological polar surface area (TPSA) is 45.9 Å². The quantitative estimate of drug-likeness (QED) is 0.474. The molecule has 0 aromatic carbocycles. The normalized spacial score (nSPS) is 29.2. The fourth-order valence-corrected chi connectivity index (χ4v) is 0.809. The summed E-state index contributed by atoms with van der Waals surface area (Å²) in [5.74, 6) is -0.595. The molecule has 4 heteroatoms. The molecule has 1 aliphatic rings. The van der Waals surface area contributed by atoms with Crippen molar-refractivity contribution in [1.29, 1.82) is 0 Å². The molecule has 1 fully saturated rings. The van der Waals surface area contributed by atoms with Crippen molar-refractivity contribution in [2.75, 3.05) is 6.61 Å². The van der Waals surface area contributed by atoms with E-state index >= 15 is 0 Å². The average Bonchev–Trinajstić information content (AvgIpc) is 2.12. The van der Waals surface area contributed by atoms with Gasteiger partial charge in [0.2, 0.25) is 6.10 Å². The fourth-order valence-electron chi connectivity index (χ4n) is 0.809.